The van der Waals surface area contributed by atoms with Gasteiger partial charge in [-0.05, 0) is 45.1 Å². The van der Waals surface area contributed by atoms with E-state index in [1.54, 1.807) is 6.92 Å². The number of hydrogen-bond acceptors (Lipinski definition) is 5. The molecule has 24 heavy (non-hydrogen) atoms. The van der Waals surface area contributed by atoms with Crippen molar-refractivity contribution in [1.29, 1.82) is 0 Å². The van der Waals surface area contributed by atoms with Crippen LogP contribution in [0.15, 0.2) is 16.9 Å². The van der Waals surface area contributed by atoms with E-state index in [0.29, 0.717) is 24.6 Å². The maximum absolute atomic E-state index is 12.6. The van der Waals surface area contributed by atoms with Gasteiger partial charge in [-0.1, -0.05) is 5.16 Å². The number of likely N-dealkylation sites (tertiary alicyclic amines) is 1. The fourth-order valence-corrected chi connectivity index (χ4v) is 3.28. The van der Waals surface area contributed by atoms with Crippen molar-refractivity contribution in [3.63, 3.8) is 0 Å². The first kappa shape index (κ1) is 16.7. The molecule has 0 spiro atoms. The van der Waals surface area contributed by atoms with Gasteiger partial charge < -0.3 is 9.42 Å². The molecule has 130 valence electrons. The molecule has 2 aromatic rings. The van der Waals surface area contributed by atoms with Gasteiger partial charge in [0.05, 0.1) is 18.8 Å². The maximum atomic E-state index is 12.6. The standard InChI is InChI=1S/C17H25N5O2/c1-13-10-18-21(11-13)12-15-6-3-4-9-22(15)17(23)8-5-7-16-19-14(2)20-24-16/h10-11,15H,3-9,12H2,1-2H3. The number of piperidine rings is 1. The first-order valence-electron chi connectivity index (χ1n) is 8.69. The Morgan fingerprint density at radius 3 is 2.96 bits per heavy atom. The molecule has 1 aliphatic rings. The van der Waals surface area contributed by atoms with Gasteiger partial charge in [-0.2, -0.15) is 10.1 Å². The molecule has 0 aromatic carbocycles. The summed E-state index contributed by atoms with van der Waals surface area (Å²) in [5.74, 6) is 1.48. The lowest BCUT2D eigenvalue weighted by atomic mass is 10.0. The minimum absolute atomic E-state index is 0.222. The number of carbonyl (C=O) groups excluding carboxylic acids is 1. The molecule has 0 saturated carbocycles. The third-order valence-electron chi connectivity index (χ3n) is 4.46. The van der Waals surface area contributed by atoms with Gasteiger partial charge in [-0.25, -0.2) is 0 Å². The van der Waals surface area contributed by atoms with E-state index in [9.17, 15) is 4.79 Å². The molecule has 0 aliphatic carbocycles. The lowest BCUT2D eigenvalue weighted by molar-refractivity contribution is -0.135. The molecule has 7 nitrogen and oxygen atoms in total. The van der Waals surface area contributed by atoms with Crippen LogP contribution < -0.4 is 0 Å². The van der Waals surface area contributed by atoms with E-state index < -0.39 is 0 Å². The lowest BCUT2D eigenvalue weighted by Crippen LogP contribution is -2.45. The largest absolute Gasteiger partial charge is 0.339 e. The van der Waals surface area contributed by atoms with Crippen LogP contribution in [0.5, 0.6) is 0 Å². The second-order valence-electron chi connectivity index (χ2n) is 6.57. The minimum atomic E-state index is 0.222. The topological polar surface area (TPSA) is 77.1 Å². The van der Waals surface area contributed by atoms with E-state index >= 15 is 0 Å². The summed E-state index contributed by atoms with van der Waals surface area (Å²) in [6.07, 6.45) is 9.13. The second kappa shape index (κ2) is 7.59. The highest BCUT2D eigenvalue weighted by Crippen LogP contribution is 2.20. The van der Waals surface area contributed by atoms with Crippen molar-refractivity contribution in [3.05, 3.63) is 29.7 Å². The highest BCUT2D eigenvalue weighted by molar-refractivity contribution is 5.76. The summed E-state index contributed by atoms with van der Waals surface area (Å²) in [5.41, 5.74) is 1.15. The van der Waals surface area contributed by atoms with Crippen molar-refractivity contribution in [2.45, 2.75) is 65.0 Å². The van der Waals surface area contributed by atoms with Crippen molar-refractivity contribution < 1.29 is 9.32 Å². The molecule has 1 unspecified atom stereocenters. The van der Waals surface area contributed by atoms with Crippen LogP contribution in [0.2, 0.25) is 0 Å². The van der Waals surface area contributed by atoms with Crippen LogP contribution >= 0.6 is 0 Å². The Kier molecular flexibility index (Phi) is 5.27. The molecule has 1 atom stereocenters. The van der Waals surface area contributed by atoms with Crippen molar-refractivity contribution in [1.82, 2.24) is 24.8 Å². The smallest absolute Gasteiger partial charge is 0.226 e. The normalized spacial score (nSPS) is 18.1. The number of nitrogens with zero attached hydrogens (tertiary/aromatic N) is 5. The molecular formula is C17H25N5O2. The fourth-order valence-electron chi connectivity index (χ4n) is 3.28. The molecule has 7 heteroatoms. The van der Waals surface area contributed by atoms with Gasteiger partial charge in [-0.3, -0.25) is 9.48 Å². The monoisotopic (exact) mass is 331 g/mol. The number of rotatable bonds is 6. The third-order valence-corrected chi connectivity index (χ3v) is 4.46. The molecule has 0 N–H and O–H groups in total. The summed E-state index contributed by atoms with van der Waals surface area (Å²) >= 11 is 0. The maximum Gasteiger partial charge on any atom is 0.226 e. The Bertz CT molecular complexity index is 678. The van der Waals surface area contributed by atoms with Gasteiger partial charge in [0.25, 0.3) is 0 Å². The Balaban J connectivity index is 1.52. The van der Waals surface area contributed by atoms with Crippen LogP contribution in [0.4, 0.5) is 0 Å². The van der Waals surface area contributed by atoms with Crippen molar-refractivity contribution >= 4 is 5.91 Å². The molecule has 0 bridgehead atoms. The zero-order valence-corrected chi connectivity index (χ0v) is 14.4. The molecule has 1 fully saturated rings. The average molecular weight is 331 g/mol. The number of aryl methyl sites for hydroxylation is 3. The summed E-state index contributed by atoms with van der Waals surface area (Å²) in [7, 11) is 0. The SMILES string of the molecule is Cc1cnn(CC2CCCCN2C(=O)CCCc2nc(C)no2)c1. The Morgan fingerprint density at radius 2 is 2.25 bits per heavy atom. The van der Waals surface area contributed by atoms with Crippen molar-refractivity contribution in [2.75, 3.05) is 6.54 Å². The van der Waals surface area contributed by atoms with Gasteiger partial charge in [0.2, 0.25) is 11.8 Å². The molecular weight excluding hydrogens is 306 g/mol. The average Bonchev–Trinajstić information content (AvgIpc) is 3.16. The van der Waals surface area contributed by atoms with E-state index in [4.69, 9.17) is 4.52 Å². The van der Waals surface area contributed by atoms with Crippen molar-refractivity contribution in [2.24, 2.45) is 0 Å². The predicted molar refractivity (Wildman–Crippen MR) is 88.3 cm³/mol. The van der Waals surface area contributed by atoms with Crippen LogP contribution in [-0.2, 0) is 17.8 Å². The number of carbonyl (C=O) groups is 1. The lowest BCUT2D eigenvalue weighted by Gasteiger charge is -2.36. The highest BCUT2D eigenvalue weighted by atomic mass is 16.5. The zero-order chi connectivity index (χ0) is 16.9. The van der Waals surface area contributed by atoms with E-state index in [2.05, 4.69) is 15.2 Å². The Morgan fingerprint density at radius 1 is 1.38 bits per heavy atom. The van der Waals surface area contributed by atoms with E-state index in [1.807, 2.05) is 28.9 Å². The Labute approximate surface area is 142 Å². The summed E-state index contributed by atoms with van der Waals surface area (Å²) < 4.78 is 7.05. The first-order chi connectivity index (χ1) is 11.6. The molecule has 1 aliphatic heterocycles. The van der Waals surface area contributed by atoms with E-state index in [1.165, 1.54) is 6.42 Å². The van der Waals surface area contributed by atoms with Gasteiger partial charge in [-0.15, -0.1) is 0 Å². The third kappa shape index (κ3) is 4.21. The fraction of sp³-hybridized carbons (Fsp3) is 0.647. The molecule has 0 radical (unpaired) electrons. The van der Waals surface area contributed by atoms with Crippen molar-refractivity contribution in [3.8, 4) is 0 Å². The first-order valence-corrected chi connectivity index (χ1v) is 8.69. The van der Waals surface area contributed by atoms with Gasteiger partial charge in [0, 0.05) is 25.6 Å². The van der Waals surface area contributed by atoms with Gasteiger partial charge in [0.15, 0.2) is 5.82 Å². The summed E-state index contributed by atoms with van der Waals surface area (Å²) in [5, 5.41) is 8.13. The predicted octanol–water partition coefficient (Wildman–Crippen LogP) is 2.29. The summed E-state index contributed by atoms with van der Waals surface area (Å²) in [6.45, 7) is 5.46. The van der Waals surface area contributed by atoms with Crippen LogP contribution in [0.1, 0.15) is 49.4 Å². The van der Waals surface area contributed by atoms with Crippen LogP contribution in [0.25, 0.3) is 0 Å². The summed E-state index contributed by atoms with van der Waals surface area (Å²) in [4.78, 5) is 18.8. The molecule has 2 aromatic heterocycles. The quantitative estimate of drug-likeness (QED) is 0.811. The van der Waals surface area contributed by atoms with Crippen LogP contribution in [0, 0.1) is 13.8 Å². The van der Waals surface area contributed by atoms with Gasteiger partial charge in [0.1, 0.15) is 0 Å². The Hall–Kier alpha value is -2.18. The number of amides is 1. The molecule has 3 heterocycles. The van der Waals surface area contributed by atoms with Gasteiger partial charge >= 0.3 is 0 Å². The summed E-state index contributed by atoms with van der Waals surface area (Å²) in [6, 6.07) is 0.246. The molecule has 3 rings (SSSR count). The number of hydrogen-bond donors (Lipinski definition) is 0. The highest BCUT2D eigenvalue weighted by Gasteiger charge is 2.26. The zero-order valence-electron chi connectivity index (χ0n) is 14.4. The molecule has 1 amide bonds. The van der Waals surface area contributed by atoms with E-state index in [-0.39, 0.29) is 11.9 Å². The number of aromatic nitrogens is 4. The van der Waals surface area contributed by atoms with Crippen LogP contribution in [-0.4, -0.2) is 43.3 Å². The minimum Gasteiger partial charge on any atom is -0.339 e. The van der Waals surface area contributed by atoms with Crippen LogP contribution in [0.3, 0.4) is 0 Å². The second-order valence-corrected chi connectivity index (χ2v) is 6.57. The van der Waals surface area contributed by atoms with E-state index in [0.717, 1.165) is 37.9 Å². The molecule has 1 saturated heterocycles.